The van der Waals surface area contributed by atoms with E-state index in [1.54, 1.807) is 0 Å². The van der Waals surface area contributed by atoms with Gasteiger partial charge in [0.15, 0.2) is 5.82 Å². The van der Waals surface area contributed by atoms with Crippen molar-refractivity contribution in [3.63, 3.8) is 0 Å². The molecule has 1 aromatic carbocycles. The lowest BCUT2D eigenvalue weighted by Gasteiger charge is -1.95. The molecule has 2 rings (SSSR count). The molecule has 1 aromatic heterocycles. The highest BCUT2D eigenvalue weighted by Gasteiger charge is 2.03. The maximum absolute atomic E-state index is 5.31. The Morgan fingerprint density at radius 2 is 2.00 bits per heavy atom. The van der Waals surface area contributed by atoms with Crippen LogP contribution in [0.5, 0.6) is 0 Å². The summed E-state index contributed by atoms with van der Waals surface area (Å²) in [6.07, 6.45) is 0.633. The lowest BCUT2D eigenvalue weighted by Crippen LogP contribution is -1.91. The minimum Gasteiger partial charge on any atom is -0.351 e. The monoisotopic (exact) mass is 253 g/mol. The van der Waals surface area contributed by atoms with Gasteiger partial charge >= 0.3 is 6.01 Å². The number of rotatable bonds is 2. The van der Waals surface area contributed by atoms with Crippen LogP contribution in [0.1, 0.15) is 11.4 Å². The average molecular weight is 254 g/mol. The number of aromatic nitrogens is 2. The molecule has 0 aliphatic rings. The average Bonchev–Trinajstić information content (AvgIpc) is 2.56. The number of hydrogen-bond acceptors (Lipinski definition) is 4. The molecule has 14 heavy (non-hydrogen) atoms. The van der Waals surface area contributed by atoms with Crippen LogP contribution in [0.4, 0.5) is 6.01 Å². The van der Waals surface area contributed by atoms with Gasteiger partial charge in [-0.05, 0) is 17.7 Å². The molecule has 1 heterocycles. The summed E-state index contributed by atoms with van der Waals surface area (Å²) in [7, 11) is 0. The molecule has 0 radical (unpaired) electrons. The van der Waals surface area contributed by atoms with Crippen molar-refractivity contribution >= 4 is 21.9 Å². The first-order chi connectivity index (χ1) is 6.74. The summed E-state index contributed by atoms with van der Waals surface area (Å²) in [5, 5.41) is 3.71. The Morgan fingerprint density at radius 1 is 1.29 bits per heavy atom. The maximum Gasteiger partial charge on any atom is 0.318 e. The van der Waals surface area contributed by atoms with E-state index in [0.717, 1.165) is 10.0 Å². The normalized spacial score (nSPS) is 10.4. The molecule has 0 unspecified atom stereocenters. The van der Waals surface area contributed by atoms with Crippen molar-refractivity contribution in [2.24, 2.45) is 0 Å². The molecule has 0 amide bonds. The van der Waals surface area contributed by atoms with E-state index in [-0.39, 0.29) is 6.01 Å². The lowest BCUT2D eigenvalue weighted by atomic mass is 10.1. The summed E-state index contributed by atoms with van der Waals surface area (Å²) in [6, 6.07) is 8.04. The van der Waals surface area contributed by atoms with E-state index in [1.807, 2.05) is 24.3 Å². The second-order valence-electron chi connectivity index (χ2n) is 2.85. The summed E-state index contributed by atoms with van der Waals surface area (Å²) in [4.78, 5) is 3.92. The van der Waals surface area contributed by atoms with Crippen molar-refractivity contribution in [1.29, 1.82) is 0 Å². The van der Waals surface area contributed by atoms with E-state index >= 15 is 0 Å². The molecule has 0 bridgehead atoms. The third-order valence-electron chi connectivity index (χ3n) is 1.76. The van der Waals surface area contributed by atoms with Gasteiger partial charge in [0.25, 0.3) is 0 Å². The molecule has 0 saturated heterocycles. The second kappa shape index (κ2) is 3.79. The largest absolute Gasteiger partial charge is 0.351 e. The Bertz CT molecular complexity index is 424. The highest BCUT2D eigenvalue weighted by atomic mass is 79.9. The van der Waals surface area contributed by atoms with Gasteiger partial charge in [-0.1, -0.05) is 33.2 Å². The van der Waals surface area contributed by atoms with Gasteiger partial charge < -0.3 is 10.3 Å². The van der Waals surface area contributed by atoms with E-state index in [4.69, 9.17) is 5.73 Å². The predicted octanol–water partition coefficient (Wildman–Crippen LogP) is 2.01. The van der Waals surface area contributed by atoms with E-state index < -0.39 is 0 Å². The fraction of sp³-hybridized carbons (Fsp3) is 0.111. The lowest BCUT2D eigenvalue weighted by molar-refractivity contribution is 0.428. The Kier molecular flexibility index (Phi) is 2.49. The van der Waals surface area contributed by atoms with Crippen LogP contribution >= 0.6 is 15.9 Å². The van der Waals surface area contributed by atoms with Gasteiger partial charge in [-0.3, -0.25) is 0 Å². The van der Waals surface area contributed by atoms with Crippen LogP contribution in [0.15, 0.2) is 33.3 Å². The highest BCUT2D eigenvalue weighted by molar-refractivity contribution is 9.10. The Hall–Kier alpha value is -1.36. The van der Waals surface area contributed by atoms with E-state index in [9.17, 15) is 0 Å². The van der Waals surface area contributed by atoms with Crippen LogP contribution < -0.4 is 5.73 Å². The minimum absolute atomic E-state index is 0.108. The van der Waals surface area contributed by atoms with Crippen molar-refractivity contribution in [2.75, 3.05) is 5.73 Å². The third-order valence-corrected chi connectivity index (χ3v) is 2.29. The van der Waals surface area contributed by atoms with Crippen LogP contribution in [0.3, 0.4) is 0 Å². The summed E-state index contributed by atoms with van der Waals surface area (Å²) < 4.78 is 5.72. The predicted molar refractivity (Wildman–Crippen MR) is 55.7 cm³/mol. The first-order valence-corrected chi connectivity index (χ1v) is 4.86. The number of nitrogen functional groups attached to an aromatic ring is 1. The molecule has 0 aliphatic heterocycles. The van der Waals surface area contributed by atoms with Crippen LogP contribution in [-0.2, 0) is 6.42 Å². The molecule has 2 N–H and O–H groups in total. The molecule has 5 heteroatoms. The summed E-state index contributed by atoms with van der Waals surface area (Å²) in [5.41, 5.74) is 6.43. The number of hydrogen-bond donors (Lipinski definition) is 1. The zero-order valence-electron chi connectivity index (χ0n) is 7.27. The van der Waals surface area contributed by atoms with Crippen LogP contribution in [0.2, 0.25) is 0 Å². The molecule has 0 atom stereocenters. The van der Waals surface area contributed by atoms with Gasteiger partial charge in [-0.25, -0.2) is 0 Å². The molecule has 0 fully saturated rings. The Balaban J connectivity index is 2.15. The third kappa shape index (κ3) is 2.11. The minimum atomic E-state index is 0.108. The summed E-state index contributed by atoms with van der Waals surface area (Å²) >= 11 is 3.37. The number of nitrogens with two attached hydrogens (primary N) is 1. The standard InChI is InChI=1S/C9H8BrN3O/c10-7-3-1-6(2-4-7)5-8-12-9(11)14-13-8/h1-4H,5H2,(H2,11,12,13). The molecular formula is C9H8BrN3O. The SMILES string of the molecule is Nc1nc(Cc2ccc(Br)cc2)no1. The van der Waals surface area contributed by atoms with Crippen molar-refractivity contribution in [2.45, 2.75) is 6.42 Å². The van der Waals surface area contributed by atoms with Crippen molar-refractivity contribution in [3.05, 3.63) is 40.1 Å². The van der Waals surface area contributed by atoms with Gasteiger partial charge in [0.2, 0.25) is 0 Å². The summed E-state index contributed by atoms with van der Waals surface area (Å²) in [5.74, 6) is 0.602. The van der Waals surface area contributed by atoms with Crippen molar-refractivity contribution in [1.82, 2.24) is 10.1 Å². The zero-order chi connectivity index (χ0) is 9.97. The molecule has 4 nitrogen and oxygen atoms in total. The van der Waals surface area contributed by atoms with Crippen LogP contribution in [0.25, 0.3) is 0 Å². The summed E-state index contributed by atoms with van der Waals surface area (Å²) in [6.45, 7) is 0. The maximum atomic E-state index is 5.31. The molecule has 72 valence electrons. The van der Waals surface area contributed by atoms with Gasteiger partial charge in [0, 0.05) is 10.9 Å². The van der Waals surface area contributed by atoms with Crippen molar-refractivity contribution in [3.8, 4) is 0 Å². The van der Waals surface area contributed by atoms with Gasteiger partial charge in [-0.2, -0.15) is 4.98 Å². The van der Waals surface area contributed by atoms with Gasteiger partial charge in [0.1, 0.15) is 0 Å². The molecule has 0 saturated carbocycles. The van der Waals surface area contributed by atoms with E-state index in [2.05, 4.69) is 30.6 Å². The number of anilines is 1. The number of benzene rings is 1. The first kappa shape index (κ1) is 9.21. The molecular weight excluding hydrogens is 246 g/mol. The number of nitrogens with zero attached hydrogens (tertiary/aromatic N) is 2. The second-order valence-corrected chi connectivity index (χ2v) is 3.77. The molecule has 2 aromatic rings. The first-order valence-electron chi connectivity index (χ1n) is 4.06. The van der Waals surface area contributed by atoms with Crippen molar-refractivity contribution < 1.29 is 4.52 Å². The van der Waals surface area contributed by atoms with Gasteiger partial charge in [0.05, 0.1) is 0 Å². The topological polar surface area (TPSA) is 64.9 Å². The Labute approximate surface area is 89.2 Å². The molecule has 0 aliphatic carbocycles. The van der Waals surface area contributed by atoms with E-state index in [1.165, 1.54) is 0 Å². The fourth-order valence-electron chi connectivity index (χ4n) is 1.12. The zero-order valence-corrected chi connectivity index (χ0v) is 8.86. The smallest absolute Gasteiger partial charge is 0.318 e. The van der Waals surface area contributed by atoms with E-state index in [0.29, 0.717) is 12.2 Å². The van der Waals surface area contributed by atoms with Crippen LogP contribution in [0, 0.1) is 0 Å². The number of halogens is 1. The quantitative estimate of drug-likeness (QED) is 0.890. The highest BCUT2D eigenvalue weighted by Crippen LogP contribution is 2.13. The fourth-order valence-corrected chi connectivity index (χ4v) is 1.39. The van der Waals surface area contributed by atoms with Gasteiger partial charge in [-0.15, -0.1) is 0 Å². The van der Waals surface area contributed by atoms with Crippen LogP contribution in [-0.4, -0.2) is 10.1 Å². The molecule has 0 spiro atoms. The Morgan fingerprint density at radius 3 is 2.57 bits per heavy atom.